The summed E-state index contributed by atoms with van der Waals surface area (Å²) in [6.07, 6.45) is -0.556. The summed E-state index contributed by atoms with van der Waals surface area (Å²) in [5, 5.41) is 6.15. The average molecular weight is 397 g/mol. The van der Waals surface area contributed by atoms with Crippen molar-refractivity contribution in [1.82, 2.24) is 0 Å². The first kappa shape index (κ1) is 19.9. The first-order valence-corrected chi connectivity index (χ1v) is 8.57. The molecule has 0 aromatic heterocycles. The van der Waals surface area contributed by atoms with Gasteiger partial charge in [0.05, 0.1) is 11.6 Å². The molecule has 0 saturated heterocycles. The first-order valence-electron chi connectivity index (χ1n) is 7.81. The lowest BCUT2D eigenvalue weighted by Gasteiger charge is -2.14. The summed E-state index contributed by atoms with van der Waals surface area (Å²) in [6.45, 7) is 3.53. The fraction of sp³-hybridized carbons (Fsp3) is 0.222. The Kier molecular flexibility index (Phi) is 7.12. The van der Waals surface area contributed by atoms with Gasteiger partial charge >= 0.3 is 6.09 Å². The molecule has 0 heterocycles. The van der Waals surface area contributed by atoms with Gasteiger partial charge in [0.15, 0.2) is 6.61 Å². The van der Waals surface area contributed by atoms with Crippen LogP contribution >= 0.6 is 23.2 Å². The number of carbonyl (C=O) groups is 2. The van der Waals surface area contributed by atoms with Gasteiger partial charge in [-0.25, -0.2) is 4.79 Å². The maximum absolute atomic E-state index is 12.1. The van der Waals surface area contributed by atoms with E-state index < -0.39 is 6.09 Å². The molecule has 2 aromatic carbocycles. The Bertz CT molecular complexity index is 812. The predicted molar refractivity (Wildman–Crippen MR) is 102 cm³/mol. The van der Waals surface area contributed by atoms with E-state index in [0.717, 1.165) is 0 Å². The number of halogens is 2. The van der Waals surface area contributed by atoms with Gasteiger partial charge in [0.1, 0.15) is 5.75 Å². The van der Waals surface area contributed by atoms with Crippen LogP contribution < -0.4 is 15.4 Å². The molecule has 0 atom stereocenters. The molecule has 2 aromatic rings. The molecule has 0 unspecified atom stereocenters. The van der Waals surface area contributed by atoms with E-state index in [2.05, 4.69) is 10.6 Å². The number of carbonyl (C=O) groups excluding carboxylic acids is 2. The average Bonchev–Trinajstić information content (AvgIpc) is 2.58. The lowest BCUT2D eigenvalue weighted by Crippen LogP contribution is -2.21. The summed E-state index contributed by atoms with van der Waals surface area (Å²) in [6, 6.07) is 9.89. The molecule has 0 aliphatic carbocycles. The quantitative estimate of drug-likeness (QED) is 0.728. The highest BCUT2D eigenvalue weighted by Crippen LogP contribution is 2.27. The highest BCUT2D eigenvalue weighted by atomic mass is 35.5. The summed E-state index contributed by atoms with van der Waals surface area (Å²) in [4.78, 5) is 23.7. The molecule has 0 radical (unpaired) electrons. The van der Waals surface area contributed by atoms with E-state index in [0.29, 0.717) is 32.7 Å². The van der Waals surface area contributed by atoms with E-state index in [9.17, 15) is 9.59 Å². The van der Waals surface area contributed by atoms with Crippen LogP contribution in [0.25, 0.3) is 0 Å². The van der Waals surface area contributed by atoms with Crippen LogP contribution in [0.4, 0.5) is 16.2 Å². The number of ether oxygens (including phenoxy) is 2. The SMILES string of the molecule is CCOC(=O)Nc1cccc(NC(=O)COc2ccc(Cl)cc2Cl)c1C. The van der Waals surface area contributed by atoms with Crippen molar-refractivity contribution in [2.24, 2.45) is 0 Å². The minimum Gasteiger partial charge on any atom is -0.482 e. The molecule has 2 rings (SSSR count). The zero-order valence-corrected chi connectivity index (χ0v) is 15.8. The molecule has 2 amide bonds. The summed E-state index contributed by atoms with van der Waals surface area (Å²) in [5.41, 5.74) is 1.79. The third kappa shape index (κ3) is 5.54. The molecule has 0 fully saturated rings. The summed E-state index contributed by atoms with van der Waals surface area (Å²) >= 11 is 11.8. The minimum atomic E-state index is -0.556. The number of nitrogens with one attached hydrogen (secondary N) is 2. The Morgan fingerprint density at radius 2 is 1.77 bits per heavy atom. The van der Waals surface area contributed by atoms with Gasteiger partial charge in [0, 0.05) is 16.4 Å². The van der Waals surface area contributed by atoms with Crippen molar-refractivity contribution in [3.8, 4) is 5.75 Å². The number of amides is 2. The number of benzene rings is 2. The Labute approximate surface area is 161 Å². The van der Waals surface area contributed by atoms with E-state index in [1.165, 1.54) is 6.07 Å². The maximum atomic E-state index is 12.1. The second-order valence-electron chi connectivity index (χ2n) is 5.24. The zero-order chi connectivity index (χ0) is 19.1. The van der Waals surface area contributed by atoms with Crippen molar-refractivity contribution in [2.75, 3.05) is 23.8 Å². The van der Waals surface area contributed by atoms with Gasteiger partial charge < -0.3 is 14.8 Å². The molecule has 6 nitrogen and oxygen atoms in total. The van der Waals surface area contributed by atoms with E-state index in [1.54, 1.807) is 44.2 Å². The molecule has 138 valence electrons. The van der Waals surface area contributed by atoms with E-state index >= 15 is 0 Å². The molecular formula is C18H18Cl2N2O4. The van der Waals surface area contributed by atoms with Crippen molar-refractivity contribution in [2.45, 2.75) is 13.8 Å². The molecule has 0 aliphatic heterocycles. The third-order valence-electron chi connectivity index (χ3n) is 3.37. The predicted octanol–water partition coefficient (Wildman–Crippen LogP) is 4.89. The highest BCUT2D eigenvalue weighted by molar-refractivity contribution is 6.35. The van der Waals surface area contributed by atoms with E-state index in [-0.39, 0.29) is 19.1 Å². The molecule has 0 aliphatic rings. The zero-order valence-electron chi connectivity index (χ0n) is 14.3. The van der Waals surface area contributed by atoms with Gasteiger partial charge in [-0.3, -0.25) is 10.1 Å². The van der Waals surface area contributed by atoms with Gasteiger partial charge in [-0.2, -0.15) is 0 Å². The number of hydrogen-bond acceptors (Lipinski definition) is 4. The van der Waals surface area contributed by atoms with Crippen LogP contribution in [0.15, 0.2) is 36.4 Å². The van der Waals surface area contributed by atoms with Crippen molar-refractivity contribution in [3.05, 3.63) is 52.0 Å². The smallest absolute Gasteiger partial charge is 0.411 e. The van der Waals surface area contributed by atoms with Gasteiger partial charge in [0.25, 0.3) is 5.91 Å². The van der Waals surface area contributed by atoms with Crippen LogP contribution in [0.5, 0.6) is 5.75 Å². The highest BCUT2D eigenvalue weighted by Gasteiger charge is 2.11. The maximum Gasteiger partial charge on any atom is 0.411 e. The summed E-state index contributed by atoms with van der Waals surface area (Å²) < 4.78 is 10.2. The van der Waals surface area contributed by atoms with Crippen molar-refractivity contribution in [3.63, 3.8) is 0 Å². The van der Waals surface area contributed by atoms with Gasteiger partial charge in [-0.15, -0.1) is 0 Å². The fourth-order valence-corrected chi connectivity index (χ4v) is 2.57. The van der Waals surface area contributed by atoms with Crippen LogP contribution in [0, 0.1) is 6.92 Å². The number of hydrogen-bond donors (Lipinski definition) is 2. The van der Waals surface area contributed by atoms with Crippen molar-refractivity contribution in [1.29, 1.82) is 0 Å². The second-order valence-corrected chi connectivity index (χ2v) is 6.08. The van der Waals surface area contributed by atoms with Crippen LogP contribution in [-0.2, 0) is 9.53 Å². The van der Waals surface area contributed by atoms with E-state index in [1.807, 2.05) is 0 Å². The Morgan fingerprint density at radius 3 is 2.42 bits per heavy atom. The van der Waals surface area contributed by atoms with E-state index in [4.69, 9.17) is 32.7 Å². The van der Waals surface area contributed by atoms with Gasteiger partial charge in [-0.1, -0.05) is 29.3 Å². The molecule has 8 heteroatoms. The third-order valence-corrected chi connectivity index (χ3v) is 3.90. The molecule has 0 spiro atoms. The normalized spacial score (nSPS) is 10.2. The van der Waals surface area contributed by atoms with Crippen LogP contribution in [0.1, 0.15) is 12.5 Å². The lowest BCUT2D eigenvalue weighted by atomic mass is 10.1. The summed E-state index contributed by atoms with van der Waals surface area (Å²) in [7, 11) is 0. The Hall–Kier alpha value is -2.44. The van der Waals surface area contributed by atoms with Crippen molar-refractivity contribution >= 4 is 46.6 Å². The number of rotatable bonds is 6. The number of anilines is 2. The van der Waals surface area contributed by atoms with Crippen LogP contribution in [-0.4, -0.2) is 25.2 Å². The van der Waals surface area contributed by atoms with Gasteiger partial charge in [0.2, 0.25) is 0 Å². The Morgan fingerprint density at radius 1 is 1.08 bits per heavy atom. The molecule has 26 heavy (non-hydrogen) atoms. The van der Waals surface area contributed by atoms with Gasteiger partial charge in [-0.05, 0) is 49.7 Å². The van der Waals surface area contributed by atoms with Crippen LogP contribution in [0.3, 0.4) is 0 Å². The second kappa shape index (κ2) is 9.31. The Balaban J connectivity index is 1.99. The molecule has 2 N–H and O–H groups in total. The fourth-order valence-electron chi connectivity index (χ4n) is 2.11. The van der Waals surface area contributed by atoms with Crippen LogP contribution in [0.2, 0.25) is 10.0 Å². The molecular weight excluding hydrogens is 379 g/mol. The topological polar surface area (TPSA) is 76.7 Å². The summed E-state index contributed by atoms with van der Waals surface area (Å²) in [5.74, 6) is -0.00642. The first-order chi connectivity index (χ1) is 12.4. The van der Waals surface area contributed by atoms with Crippen molar-refractivity contribution < 1.29 is 19.1 Å². The standard InChI is InChI=1S/C18H18Cl2N2O4/c1-3-25-18(24)22-15-6-4-5-14(11(15)2)21-17(23)10-26-16-8-7-12(19)9-13(16)20/h4-9H,3,10H2,1-2H3,(H,21,23)(H,22,24). The largest absolute Gasteiger partial charge is 0.482 e. The lowest BCUT2D eigenvalue weighted by molar-refractivity contribution is -0.118. The monoisotopic (exact) mass is 396 g/mol. The minimum absolute atomic E-state index is 0.226. The molecule has 0 saturated carbocycles. The molecule has 0 bridgehead atoms.